The smallest absolute Gasteiger partial charge is 0.415 e. The van der Waals surface area contributed by atoms with Crippen LogP contribution >= 0.6 is 0 Å². The summed E-state index contributed by atoms with van der Waals surface area (Å²) < 4.78 is 7.03. The second-order valence-corrected chi connectivity index (χ2v) is 6.46. The largest absolute Gasteiger partial charge is 0.496 e. The molecule has 4 aromatic rings. The number of aromatic amines is 2. The van der Waals surface area contributed by atoms with Gasteiger partial charge in [-0.1, -0.05) is 48.5 Å². The van der Waals surface area contributed by atoms with E-state index in [0.29, 0.717) is 35.3 Å². The highest BCUT2D eigenvalue weighted by atomic mass is 16.5. The van der Waals surface area contributed by atoms with Crippen molar-refractivity contribution in [2.24, 2.45) is 0 Å². The molecule has 4 rings (SSSR count). The lowest BCUT2D eigenvalue weighted by molar-refractivity contribution is -0.349. The van der Waals surface area contributed by atoms with Crippen molar-refractivity contribution in [2.75, 3.05) is 7.11 Å². The Morgan fingerprint density at radius 1 is 0.964 bits per heavy atom. The lowest BCUT2D eigenvalue weighted by atomic mass is 10.0. The van der Waals surface area contributed by atoms with Crippen LogP contribution in [-0.2, 0) is 13.0 Å². The van der Waals surface area contributed by atoms with Gasteiger partial charge in [-0.15, -0.1) is 0 Å². The third-order valence-electron chi connectivity index (χ3n) is 4.80. The fraction of sp³-hybridized carbons (Fsp3) is 0.136. The first-order valence-corrected chi connectivity index (χ1v) is 9.04. The van der Waals surface area contributed by atoms with Gasteiger partial charge in [0.25, 0.3) is 11.2 Å². The Balaban J connectivity index is 1.89. The third-order valence-corrected chi connectivity index (χ3v) is 4.80. The minimum absolute atomic E-state index is 0.422. The van der Waals surface area contributed by atoms with E-state index in [-0.39, 0.29) is 0 Å². The van der Waals surface area contributed by atoms with Gasteiger partial charge in [0.15, 0.2) is 0 Å². The molecule has 0 fully saturated rings. The molecule has 0 saturated carbocycles. The first-order chi connectivity index (χ1) is 13.7. The van der Waals surface area contributed by atoms with E-state index >= 15 is 0 Å². The Hall–Kier alpha value is -3.67. The molecule has 2 heterocycles. The number of pyridine rings is 1. The SMILES string of the molecule is COc1ccccc1-c1cc[nH+]c2c1c(=O)[nH]c(=O)n2CCc1ccccc1. The number of hydrogen-bond donors (Lipinski definition) is 1. The molecule has 0 bridgehead atoms. The lowest BCUT2D eigenvalue weighted by Gasteiger charge is -2.10. The van der Waals surface area contributed by atoms with E-state index in [4.69, 9.17) is 4.74 Å². The highest BCUT2D eigenvalue weighted by molar-refractivity contribution is 5.92. The Morgan fingerprint density at radius 3 is 2.50 bits per heavy atom. The molecule has 28 heavy (non-hydrogen) atoms. The summed E-state index contributed by atoms with van der Waals surface area (Å²) in [5, 5.41) is 0.430. The molecule has 6 heteroatoms. The molecule has 2 aromatic carbocycles. The molecule has 0 aliphatic carbocycles. The summed E-state index contributed by atoms with van der Waals surface area (Å²) in [4.78, 5) is 30.7. The van der Waals surface area contributed by atoms with Crippen molar-refractivity contribution in [3.8, 4) is 16.9 Å². The number of para-hydroxylation sites is 1. The molecular weight excluding hydrogens is 354 g/mol. The summed E-state index contributed by atoms with van der Waals surface area (Å²) >= 11 is 0. The molecule has 0 radical (unpaired) electrons. The predicted octanol–water partition coefficient (Wildman–Crippen LogP) is 2.42. The van der Waals surface area contributed by atoms with Gasteiger partial charge < -0.3 is 4.74 Å². The van der Waals surface area contributed by atoms with Gasteiger partial charge >= 0.3 is 5.69 Å². The molecular formula is C22H20N3O3+. The van der Waals surface area contributed by atoms with Crippen molar-refractivity contribution < 1.29 is 9.72 Å². The highest BCUT2D eigenvalue weighted by Gasteiger charge is 2.20. The van der Waals surface area contributed by atoms with E-state index in [1.165, 1.54) is 0 Å². The van der Waals surface area contributed by atoms with Crippen LogP contribution < -0.4 is 21.0 Å². The van der Waals surface area contributed by atoms with E-state index in [2.05, 4.69) is 9.97 Å². The summed E-state index contributed by atoms with van der Waals surface area (Å²) in [7, 11) is 1.59. The first-order valence-electron chi connectivity index (χ1n) is 9.04. The molecule has 0 spiro atoms. The molecule has 6 nitrogen and oxygen atoms in total. The Bertz CT molecular complexity index is 1240. The maximum atomic E-state index is 12.7. The first kappa shape index (κ1) is 17.7. The molecule has 0 saturated heterocycles. The van der Waals surface area contributed by atoms with Gasteiger partial charge in [0, 0.05) is 17.5 Å². The van der Waals surface area contributed by atoms with Crippen LogP contribution in [0.3, 0.4) is 0 Å². The van der Waals surface area contributed by atoms with Gasteiger partial charge in [-0.2, -0.15) is 4.57 Å². The maximum Gasteiger partial charge on any atom is 0.415 e. The van der Waals surface area contributed by atoms with Crippen molar-refractivity contribution in [3.63, 3.8) is 0 Å². The van der Waals surface area contributed by atoms with E-state index in [9.17, 15) is 9.59 Å². The van der Waals surface area contributed by atoms with Gasteiger partial charge in [0.05, 0.1) is 19.9 Å². The summed E-state index contributed by atoms with van der Waals surface area (Å²) in [5.74, 6) is 0.663. The van der Waals surface area contributed by atoms with Gasteiger partial charge in [0.1, 0.15) is 11.1 Å². The standard InChI is InChI=1S/C22H19N3O3/c1-28-18-10-6-5-9-16(18)17-11-13-23-20-19(17)21(26)24-22(27)25(20)14-12-15-7-3-2-4-8-15/h2-11,13H,12,14H2,1H3,(H,24,26,27)/p+1. The Kier molecular flexibility index (Phi) is 4.76. The quantitative estimate of drug-likeness (QED) is 0.583. The number of ether oxygens (including phenoxy) is 1. The number of H-pyrrole nitrogens is 2. The number of aromatic nitrogens is 3. The van der Waals surface area contributed by atoms with Gasteiger partial charge in [-0.3, -0.25) is 9.78 Å². The van der Waals surface area contributed by atoms with Gasteiger partial charge in [-0.25, -0.2) is 9.78 Å². The van der Waals surface area contributed by atoms with E-state index in [1.54, 1.807) is 17.9 Å². The highest BCUT2D eigenvalue weighted by Crippen LogP contribution is 2.31. The number of rotatable bonds is 5. The molecule has 0 amide bonds. The lowest BCUT2D eigenvalue weighted by Crippen LogP contribution is -2.34. The van der Waals surface area contributed by atoms with Crippen molar-refractivity contribution in [3.05, 3.63) is 93.3 Å². The number of benzene rings is 2. The van der Waals surface area contributed by atoms with Crippen LogP contribution in [0.1, 0.15) is 5.56 Å². The molecule has 0 aliphatic rings. The maximum absolute atomic E-state index is 12.7. The van der Waals surface area contributed by atoms with Crippen LogP contribution in [0.4, 0.5) is 0 Å². The number of fused-ring (bicyclic) bond motifs is 1. The number of methoxy groups -OCH3 is 1. The molecule has 2 N–H and O–H groups in total. The van der Waals surface area contributed by atoms with Crippen LogP contribution in [0, 0.1) is 0 Å². The number of nitrogens with one attached hydrogen (secondary N) is 2. The zero-order valence-electron chi connectivity index (χ0n) is 15.4. The summed E-state index contributed by atoms with van der Waals surface area (Å²) in [6, 6.07) is 19.2. The van der Waals surface area contributed by atoms with Crippen LogP contribution in [-0.4, -0.2) is 16.7 Å². The molecule has 0 atom stereocenters. The zero-order valence-corrected chi connectivity index (χ0v) is 15.4. The van der Waals surface area contributed by atoms with Gasteiger partial charge in [0.2, 0.25) is 0 Å². The fourth-order valence-electron chi connectivity index (χ4n) is 3.45. The summed E-state index contributed by atoms with van der Waals surface area (Å²) in [6.45, 7) is 0.446. The Morgan fingerprint density at radius 2 is 1.71 bits per heavy atom. The average Bonchev–Trinajstić information content (AvgIpc) is 2.73. The normalized spacial score (nSPS) is 10.9. The van der Waals surface area contributed by atoms with Crippen molar-refractivity contribution in [1.82, 2.24) is 9.55 Å². The monoisotopic (exact) mass is 374 g/mol. The average molecular weight is 374 g/mol. The van der Waals surface area contributed by atoms with Crippen molar-refractivity contribution >= 4 is 11.0 Å². The Labute approximate surface area is 161 Å². The molecule has 0 unspecified atom stereocenters. The zero-order chi connectivity index (χ0) is 19.5. The van der Waals surface area contributed by atoms with Crippen LogP contribution in [0.2, 0.25) is 0 Å². The van der Waals surface area contributed by atoms with Crippen molar-refractivity contribution in [1.29, 1.82) is 0 Å². The number of hydrogen-bond acceptors (Lipinski definition) is 3. The van der Waals surface area contributed by atoms with E-state index in [0.717, 1.165) is 11.1 Å². The van der Waals surface area contributed by atoms with E-state index in [1.807, 2.05) is 60.7 Å². The fourth-order valence-corrected chi connectivity index (χ4v) is 3.45. The summed E-state index contributed by atoms with van der Waals surface area (Å²) in [6.07, 6.45) is 2.41. The molecule has 2 aromatic heterocycles. The minimum Gasteiger partial charge on any atom is -0.496 e. The minimum atomic E-state index is -0.429. The third kappa shape index (κ3) is 3.20. The molecule has 140 valence electrons. The second kappa shape index (κ2) is 7.52. The van der Waals surface area contributed by atoms with Gasteiger partial charge in [-0.05, 0) is 17.7 Å². The summed E-state index contributed by atoms with van der Waals surface area (Å²) in [5.41, 5.74) is 2.27. The van der Waals surface area contributed by atoms with Crippen LogP contribution in [0.25, 0.3) is 22.2 Å². The number of nitrogens with zero attached hydrogens (tertiary/aromatic N) is 1. The second-order valence-electron chi connectivity index (χ2n) is 6.46. The van der Waals surface area contributed by atoms with E-state index < -0.39 is 11.2 Å². The molecule has 0 aliphatic heterocycles. The van der Waals surface area contributed by atoms with Crippen LogP contribution in [0.5, 0.6) is 5.75 Å². The van der Waals surface area contributed by atoms with Crippen molar-refractivity contribution in [2.45, 2.75) is 13.0 Å². The predicted molar refractivity (Wildman–Crippen MR) is 108 cm³/mol. The topological polar surface area (TPSA) is 78.2 Å². The number of aryl methyl sites for hydroxylation is 2. The van der Waals surface area contributed by atoms with Crippen LogP contribution in [0.15, 0.2) is 76.4 Å².